The maximum absolute atomic E-state index is 12.1. The van der Waals surface area contributed by atoms with Crippen molar-refractivity contribution in [3.8, 4) is 11.3 Å². The molecule has 1 aromatic carbocycles. The maximum atomic E-state index is 12.1. The van der Waals surface area contributed by atoms with Crippen LogP contribution < -0.4 is 16.6 Å². The summed E-state index contributed by atoms with van der Waals surface area (Å²) >= 11 is 4.71. The van der Waals surface area contributed by atoms with Gasteiger partial charge in [-0.25, -0.2) is 9.78 Å². The third-order valence-corrected chi connectivity index (χ3v) is 4.70. The molecule has 0 fully saturated rings. The molecule has 0 aliphatic heterocycles. The molecule has 0 saturated carbocycles. The first-order valence-electron chi connectivity index (χ1n) is 7.22. The van der Waals surface area contributed by atoms with Gasteiger partial charge in [-0.15, -0.1) is 11.3 Å². The molecule has 2 aromatic heterocycles. The molecule has 25 heavy (non-hydrogen) atoms. The van der Waals surface area contributed by atoms with Gasteiger partial charge in [-0.2, -0.15) is 0 Å². The maximum Gasteiger partial charge on any atom is 0.331 e. The summed E-state index contributed by atoms with van der Waals surface area (Å²) < 4.78 is 3.05. The summed E-state index contributed by atoms with van der Waals surface area (Å²) in [5.74, 6) is -0.393. The summed E-state index contributed by atoms with van der Waals surface area (Å²) in [6.45, 7) is -0.196. The molecule has 1 amide bonds. The van der Waals surface area contributed by atoms with Crippen LogP contribution in [0.5, 0.6) is 0 Å². The van der Waals surface area contributed by atoms with Gasteiger partial charge in [-0.05, 0) is 12.1 Å². The normalized spacial score (nSPS) is 10.6. The highest BCUT2D eigenvalue weighted by atomic mass is 79.9. The Balaban J connectivity index is 1.73. The van der Waals surface area contributed by atoms with Crippen LogP contribution >= 0.6 is 27.3 Å². The predicted octanol–water partition coefficient (Wildman–Crippen LogP) is 2.07. The number of carbonyl (C=O) groups excluding carboxylic acids is 1. The minimum atomic E-state index is -0.545. The standard InChI is InChI=1S/C16H13BrN4O3S/c1-20-14(23)5-6-21(16(20)24)8-13(22)19-15-18-12(9-25-15)10-3-2-4-11(17)7-10/h2-7,9H,8H2,1H3,(H,18,19,22). The van der Waals surface area contributed by atoms with Crippen LogP contribution in [-0.4, -0.2) is 20.0 Å². The minimum Gasteiger partial charge on any atom is -0.300 e. The number of anilines is 1. The summed E-state index contributed by atoms with van der Waals surface area (Å²) in [6, 6.07) is 8.93. The van der Waals surface area contributed by atoms with Crippen molar-refractivity contribution in [3.05, 3.63) is 67.2 Å². The van der Waals surface area contributed by atoms with Gasteiger partial charge in [-0.3, -0.25) is 18.7 Å². The topological polar surface area (TPSA) is 86.0 Å². The second-order valence-corrected chi connectivity index (χ2v) is 6.99. The van der Waals surface area contributed by atoms with E-state index in [-0.39, 0.29) is 6.54 Å². The lowest BCUT2D eigenvalue weighted by Gasteiger charge is -2.06. The molecular formula is C16H13BrN4O3S. The molecular weight excluding hydrogens is 408 g/mol. The average molecular weight is 421 g/mol. The van der Waals surface area contributed by atoms with E-state index in [0.717, 1.165) is 20.3 Å². The van der Waals surface area contributed by atoms with E-state index in [1.807, 2.05) is 29.6 Å². The second kappa shape index (κ2) is 7.16. The van der Waals surface area contributed by atoms with Gasteiger partial charge in [0.15, 0.2) is 5.13 Å². The molecule has 3 aromatic rings. The van der Waals surface area contributed by atoms with E-state index in [1.54, 1.807) is 0 Å². The molecule has 7 nitrogen and oxygen atoms in total. The zero-order valence-electron chi connectivity index (χ0n) is 13.1. The van der Waals surface area contributed by atoms with Crippen LogP contribution in [0.25, 0.3) is 11.3 Å². The second-order valence-electron chi connectivity index (χ2n) is 5.22. The SMILES string of the molecule is Cn1c(=O)ccn(CC(=O)Nc2nc(-c3cccc(Br)c3)cs2)c1=O. The van der Waals surface area contributed by atoms with E-state index < -0.39 is 17.2 Å². The molecule has 0 saturated heterocycles. The fraction of sp³-hybridized carbons (Fsp3) is 0.125. The molecule has 9 heteroatoms. The third kappa shape index (κ3) is 3.94. The summed E-state index contributed by atoms with van der Waals surface area (Å²) in [5.41, 5.74) is 0.720. The number of halogens is 1. The van der Waals surface area contributed by atoms with Crippen molar-refractivity contribution in [2.24, 2.45) is 7.05 Å². The zero-order valence-corrected chi connectivity index (χ0v) is 15.5. The Morgan fingerprint density at radius 1 is 1.32 bits per heavy atom. The number of hydrogen-bond donors (Lipinski definition) is 1. The highest BCUT2D eigenvalue weighted by Gasteiger charge is 2.10. The average Bonchev–Trinajstić information content (AvgIpc) is 3.04. The Hall–Kier alpha value is -2.52. The van der Waals surface area contributed by atoms with Gasteiger partial charge >= 0.3 is 5.69 Å². The van der Waals surface area contributed by atoms with E-state index in [1.165, 1.54) is 35.2 Å². The van der Waals surface area contributed by atoms with Gasteiger partial charge in [0.25, 0.3) is 5.56 Å². The minimum absolute atomic E-state index is 0.196. The summed E-state index contributed by atoms with van der Waals surface area (Å²) in [4.78, 5) is 39.8. The largest absolute Gasteiger partial charge is 0.331 e. The summed E-state index contributed by atoms with van der Waals surface area (Å²) in [6.07, 6.45) is 1.30. The molecule has 3 rings (SSSR count). The fourth-order valence-electron chi connectivity index (χ4n) is 2.16. The third-order valence-electron chi connectivity index (χ3n) is 3.45. The molecule has 0 atom stereocenters. The molecule has 0 aliphatic carbocycles. The van der Waals surface area contributed by atoms with Crippen molar-refractivity contribution < 1.29 is 4.79 Å². The van der Waals surface area contributed by atoms with Crippen molar-refractivity contribution >= 4 is 38.3 Å². The number of nitrogens with zero attached hydrogens (tertiary/aromatic N) is 3. The van der Waals surface area contributed by atoms with Crippen LogP contribution in [-0.2, 0) is 18.4 Å². The molecule has 0 spiro atoms. The predicted molar refractivity (Wildman–Crippen MR) is 99.8 cm³/mol. The molecule has 2 heterocycles. The van der Waals surface area contributed by atoms with Gasteiger partial charge in [0.2, 0.25) is 5.91 Å². The molecule has 1 N–H and O–H groups in total. The molecule has 128 valence electrons. The van der Waals surface area contributed by atoms with Crippen molar-refractivity contribution in [1.82, 2.24) is 14.1 Å². The number of rotatable bonds is 4. The van der Waals surface area contributed by atoms with E-state index >= 15 is 0 Å². The van der Waals surface area contributed by atoms with Gasteiger partial charge in [0.05, 0.1) is 5.69 Å². The Morgan fingerprint density at radius 3 is 2.88 bits per heavy atom. The van der Waals surface area contributed by atoms with Gasteiger partial charge < -0.3 is 5.32 Å². The lowest BCUT2D eigenvalue weighted by Crippen LogP contribution is -2.38. The van der Waals surface area contributed by atoms with Gasteiger partial charge in [0.1, 0.15) is 6.54 Å². The molecule has 0 unspecified atom stereocenters. The number of nitrogens with one attached hydrogen (secondary N) is 1. The highest BCUT2D eigenvalue weighted by molar-refractivity contribution is 9.10. The van der Waals surface area contributed by atoms with Crippen LogP contribution in [0.15, 0.2) is 56.0 Å². The quantitative estimate of drug-likeness (QED) is 0.699. The van der Waals surface area contributed by atoms with Crippen molar-refractivity contribution in [1.29, 1.82) is 0 Å². The van der Waals surface area contributed by atoms with Crippen LogP contribution in [0.3, 0.4) is 0 Å². The van der Waals surface area contributed by atoms with Gasteiger partial charge in [-0.1, -0.05) is 28.1 Å². The monoisotopic (exact) mass is 420 g/mol. The van der Waals surface area contributed by atoms with Crippen LogP contribution in [0.2, 0.25) is 0 Å². The summed E-state index contributed by atoms with van der Waals surface area (Å²) in [7, 11) is 1.37. The smallest absolute Gasteiger partial charge is 0.300 e. The van der Waals surface area contributed by atoms with Crippen molar-refractivity contribution in [2.45, 2.75) is 6.54 Å². The Kier molecular flexibility index (Phi) is 4.95. The fourth-order valence-corrected chi connectivity index (χ4v) is 3.30. The first-order valence-corrected chi connectivity index (χ1v) is 8.89. The van der Waals surface area contributed by atoms with E-state index in [0.29, 0.717) is 5.13 Å². The number of benzene rings is 1. The Morgan fingerprint density at radius 2 is 2.12 bits per heavy atom. The Labute approximate surface area is 154 Å². The highest BCUT2D eigenvalue weighted by Crippen LogP contribution is 2.26. The zero-order chi connectivity index (χ0) is 18.0. The number of hydrogen-bond acceptors (Lipinski definition) is 5. The number of thiazole rings is 1. The van der Waals surface area contributed by atoms with Crippen LogP contribution in [0, 0.1) is 0 Å². The first-order chi connectivity index (χ1) is 11.9. The first kappa shape index (κ1) is 17.3. The molecule has 0 aliphatic rings. The number of amides is 1. The van der Waals surface area contributed by atoms with Crippen molar-refractivity contribution in [2.75, 3.05) is 5.32 Å². The lowest BCUT2D eigenvalue weighted by molar-refractivity contribution is -0.116. The Bertz CT molecular complexity index is 1050. The molecule has 0 radical (unpaired) electrons. The lowest BCUT2D eigenvalue weighted by atomic mass is 10.2. The van der Waals surface area contributed by atoms with Gasteiger partial charge in [0, 0.05) is 34.7 Å². The van der Waals surface area contributed by atoms with E-state index in [2.05, 4.69) is 26.2 Å². The number of aromatic nitrogens is 3. The number of carbonyl (C=O) groups is 1. The summed E-state index contributed by atoms with van der Waals surface area (Å²) in [5, 5.41) is 4.95. The van der Waals surface area contributed by atoms with Crippen LogP contribution in [0.4, 0.5) is 5.13 Å². The molecule has 0 bridgehead atoms. The van der Waals surface area contributed by atoms with E-state index in [9.17, 15) is 14.4 Å². The van der Waals surface area contributed by atoms with Crippen LogP contribution in [0.1, 0.15) is 0 Å². The van der Waals surface area contributed by atoms with Crippen molar-refractivity contribution in [3.63, 3.8) is 0 Å². The van der Waals surface area contributed by atoms with E-state index in [4.69, 9.17) is 0 Å².